The fourth-order valence-corrected chi connectivity index (χ4v) is 4.46. The molecule has 1 fully saturated rings. The highest BCUT2D eigenvalue weighted by Gasteiger charge is 2.27. The first kappa shape index (κ1) is 20.5. The average Bonchev–Trinajstić information content (AvgIpc) is 3.39. The number of fused-ring (bicyclic) bond motifs is 1. The number of halogens is 1. The molecule has 1 saturated carbocycles. The number of pyridine rings is 1. The summed E-state index contributed by atoms with van der Waals surface area (Å²) < 4.78 is 23.2. The molecule has 5 rings (SSSR count). The third-order valence-corrected chi connectivity index (χ3v) is 6.03. The zero-order valence-electron chi connectivity index (χ0n) is 18.3. The number of aromatic nitrogens is 5. The number of benzene rings is 1. The van der Waals surface area contributed by atoms with E-state index in [4.69, 9.17) is 9.84 Å². The van der Waals surface area contributed by atoms with Crippen molar-refractivity contribution in [2.75, 3.05) is 11.9 Å². The maximum atomic E-state index is 13.2. The highest BCUT2D eigenvalue weighted by molar-refractivity contribution is 5.93. The van der Waals surface area contributed by atoms with Crippen molar-refractivity contribution in [1.82, 2.24) is 24.5 Å². The minimum Gasteiger partial charge on any atom is -0.490 e. The van der Waals surface area contributed by atoms with E-state index in [1.165, 1.54) is 12.1 Å². The Morgan fingerprint density at radius 2 is 1.91 bits per heavy atom. The molecule has 166 valence electrons. The number of nitrogens with zero attached hydrogens (tertiary/aromatic N) is 5. The van der Waals surface area contributed by atoms with Gasteiger partial charge >= 0.3 is 0 Å². The standard InChI is InChI=1S/C24H27FN6O/c1-3-26-23-12-22-21(14-27-23)24(16-13-28-30(2)15-16)29-31(22)18-6-10-20(11-7-18)32-19-8-4-17(25)5-9-19/h4-5,8-9,12-15,18,20H,3,6-7,10-11H2,1-2H3,(H,26,27)/t18-,20-. The molecule has 1 N–H and O–H groups in total. The van der Waals surface area contributed by atoms with Gasteiger partial charge in [-0.3, -0.25) is 9.36 Å². The van der Waals surface area contributed by atoms with Gasteiger partial charge in [0.15, 0.2) is 0 Å². The Morgan fingerprint density at radius 1 is 1.12 bits per heavy atom. The van der Waals surface area contributed by atoms with Crippen molar-refractivity contribution in [2.45, 2.75) is 44.8 Å². The molecule has 3 aromatic heterocycles. The molecule has 0 saturated heterocycles. The van der Waals surface area contributed by atoms with Gasteiger partial charge in [-0.05, 0) is 56.9 Å². The Balaban J connectivity index is 1.40. The lowest BCUT2D eigenvalue weighted by molar-refractivity contribution is 0.131. The summed E-state index contributed by atoms with van der Waals surface area (Å²) in [5.74, 6) is 1.33. The van der Waals surface area contributed by atoms with Crippen LogP contribution in [0.2, 0.25) is 0 Å². The quantitative estimate of drug-likeness (QED) is 0.464. The zero-order valence-corrected chi connectivity index (χ0v) is 18.3. The number of aryl methyl sites for hydroxylation is 1. The molecular formula is C24H27FN6O. The molecule has 32 heavy (non-hydrogen) atoms. The fraction of sp³-hybridized carbons (Fsp3) is 0.375. The summed E-state index contributed by atoms with van der Waals surface area (Å²) in [6, 6.07) is 8.63. The van der Waals surface area contributed by atoms with Gasteiger partial charge in [0.25, 0.3) is 0 Å². The number of anilines is 1. The van der Waals surface area contributed by atoms with Crippen molar-refractivity contribution < 1.29 is 9.13 Å². The molecule has 8 heteroatoms. The van der Waals surface area contributed by atoms with E-state index in [2.05, 4.69) is 33.1 Å². The van der Waals surface area contributed by atoms with Gasteiger partial charge in [-0.2, -0.15) is 10.2 Å². The Kier molecular flexibility index (Phi) is 5.51. The van der Waals surface area contributed by atoms with Gasteiger partial charge < -0.3 is 10.1 Å². The van der Waals surface area contributed by atoms with Crippen LogP contribution in [0.25, 0.3) is 22.2 Å². The number of hydrogen-bond acceptors (Lipinski definition) is 5. The van der Waals surface area contributed by atoms with Crippen LogP contribution in [0.4, 0.5) is 10.2 Å². The van der Waals surface area contributed by atoms with E-state index in [0.29, 0.717) is 0 Å². The van der Waals surface area contributed by atoms with Crippen LogP contribution in [-0.4, -0.2) is 37.2 Å². The summed E-state index contributed by atoms with van der Waals surface area (Å²) in [7, 11) is 1.91. The summed E-state index contributed by atoms with van der Waals surface area (Å²) in [5.41, 5.74) is 2.98. The molecule has 0 aliphatic heterocycles. The minimum absolute atomic E-state index is 0.135. The average molecular weight is 435 g/mol. The van der Waals surface area contributed by atoms with Crippen molar-refractivity contribution in [3.63, 3.8) is 0 Å². The van der Waals surface area contributed by atoms with Crippen LogP contribution in [-0.2, 0) is 7.05 Å². The Morgan fingerprint density at radius 3 is 2.59 bits per heavy atom. The second-order valence-electron chi connectivity index (χ2n) is 8.32. The number of nitrogens with one attached hydrogen (secondary N) is 1. The van der Waals surface area contributed by atoms with E-state index in [0.717, 1.165) is 66.0 Å². The minimum atomic E-state index is -0.248. The monoisotopic (exact) mass is 434 g/mol. The highest BCUT2D eigenvalue weighted by atomic mass is 19.1. The highest BCUT2D eigenvalue weighted by Crippen LogP contribution is 2.36. The summed E-state index contributed by atoms with van der Waals surface area (Å²) in [4.78, 5) is 4.57. The van der Waals surface area contributed by atoms with Gasteiger partial charge in [-0.1, -0.05) is 0 Å². The molecule has 1 aliphatic rings. The number of rotatable bonds is 6. The van der Waals surface area contributed by atoms with Gasteiger partial charge in [0.1, 0.15) is 23.1 Å². The molecule has 0 spiro atoms. The van der Waals surface area contributed by atoms with Crippen LogP contribution in [0.15, 0.2) is 48.9 Å². The molecule has 0 amide bonds. The molecule has 0 bridgehead atoms. The van der Waals surface area contributed by atoms with Crippen LogP contribution in [0.1, 0.15) is 38.6 Å². The normalized spacial score (nSPS) is 18.7. The van der Waals surface area contributed by atoms with Crippen molar-refractivity contribution >= 4 is 16.7 Å². The predicted molar refractivity (Wildman–Crippen MR) is 122 cm³/mol. The van der Waals surface area contributed by atoms with Crippen LogP contribution in [0.5, 0.6) is 5.75 Å². The third-order valence-electron chi connectivity index (χ3n) is 6.03. The van der Waals surface area contributed by atoms with Crippen LogP contribution >= 0.6 is 0 Å². The third kappa shape index (κ3) is 4.04. The topological polar surface area (TPSA) is 69.8 Å². The molecular weight excluding hydrogens is 407 g/mol. The van der Waals surface area contributed by atoms with Crippen molar-refractivity contribution in [2.24, 2.45) is 7.05 Å². The lowest BCUT2D eigenvalue weighted by Gasteiger charge is -2.29. The van der Waals surface area contributed by atoms with Crippen LogP contribution < -0.4 is 10.1 Å². The van der Waals surface area contributed by atoms with Crippen molar-refractivity contribution in [3.8, 4) is 17.0 Å². The second-order valence-corrected chi connectivity index (χ2v) is 8.32. The SMILES string of the molecule is CCNc1cc2c(cn1)c(-c1cnn(C)c1)nn2[C@H]1CC[C@H](Oc2ccc(F)cc2)CC1. The number of ether oxygens (including phenoxy) is 1. The fourth-order valence-electron chi connectivity index (χ4n) is 4.46. The summed E-state index contributed by atoms with van der Waals surface area (Å²) in [6.07, 6.45) is 9.66. The van der Waals surface area contributed by atoms with E-state index >= 15 is 0 Å². The maximum Gasteiger partial charge on any atom is 0.128 e. The summed E-state index contributed by atoms with van der Waals surface area (Å²) >= 11 is 0. The van der Waals surface area contributed by atoms with E-state index < -0.39 is 0 Å². The molecule has 7 nitrogen and oxygen atoms in total. The lowest BCUT2D eigenvalue weighted by atomic mass is 9.93. The Labute approximate surface area is 186 Å². The Bertz CT molecular complexity index is 1210. The van der Waals surface area contributed by atoms with Crippen LogP contribution in [0, 0.1) is 5.82 Å². The van der Waals surface area contributed by atoms with Gasteiger partial charge in [0, 0.05) is 43.0 Å². The van der Waals surface area contributed by atoms with Gasteiger partial charge in [-0.15, -0.1) is 0 Å². The first-order valence-corrected chi connectivity index (χ1v) is 11.1. The molecule has 0 unspecified atom stereocenters. The predicted octanol–water partition coefficient (Wildman–Crippen LogP) is 4.97. The van der Waals surface area contributed by atoms with Gasteiger partial charge in [0.05, 0.1) is 23.9 Å². The maximum absolute atomic E-state index is 13.2. The van der Waals surface area contributed by atoms with Crippen molar-refractivity contribution in [1.29, 1.82) is 0 Å². The first-order chi connectivity index (χ1) is 15.6. The zero-order chi connectivity index (χ0) is 22.1. The summed E-state index contributed by atoms with van der Waals surface area (Å²) in [6.45, 7) is 2.88. The molecule has 3 heterocycles. The van der Waals surface area contributed by atoms with Gasteiger partial charge in [0.2, 0.25) is 0 Å². The smallest absolute Gasteiger partial charge is 0.128 e. The van der Waals surface area contributed by atoms with Crippen molar-refractivity contribution in [3.05, 3.63) is 54.7 Å². The first-order valence-electron chi connectivity index (χ1n) is 11.1. The molecule has 1 aromatic carbocycles. The van der Waals surface area contributed by atoms with E-state index in [9.17, 15) is 4.39 Å². The molecule has 1 aliphatic carbocycles. The van der Waals surface area contributed by atoms with E-state index in [1.54, 1.807) is 16.8 Å². The van der Waals surface area contributed by atoms with E-state index in [1.807, 2.05) is 25.6 Å². The number of hydrogen-bond donors (Lipinski definition) is 1. The molecule has 0 atom stereocenters. The molecule has 0 radical (unpaired) electrons. The lowest BCUT2D eigenvalue weighted by Crippen LogP contribution is -2.26. The second kappa shape index (κ2) is 8.61. The van der Waals surface area contributed by atoms with Crippen LogP contribution in [0.3, 0.4) is 0 Å². The summed E-state index contributed by atoms with van der Waals surface area (Å²) in [5, 5.41) is 13.7. The van der Waals surface area contributed by atoms with Gasteiger partial charge in [-0.25, -0.2) is 9.37 Å². The molecule has 4 aromatic rings. The Hall–Kier alpha value is -3.42. The van der Waals surface area contributed by atoms with E-state index in [-0.39, 0.29) is 18.0 Å². The largest absolute Gasteiger partial charge is 0.490 e.